The number of hydrogen-bond donors (Lipinski definition) is 1. The fourth-order valence-corrected chi connectivity index (χ4v) is 2.91. The van der Waals surface area contributed by atoms with Crippen LogP contribution in [0.2, 0.25) is 0 Å². The first kappa shape index (κ1) is 22.2. The second-order valence-corrected chi connectivity index (χ2v) is 6.86. The van der Waals surface area contributed by atoms with Gasteiger partial charge in [0.15, 0.2) is 0 Å². The molecule has 0 fully saturated rings. The molecule has 1 N–H and O–H groups in total. The highest BCUT2D eigenvalue weighted by atomic mass is 16.5. The van der Waals surface area contributed by atoms with Crippen molar-refractivity contribution in [1.29, 1.82) is 0 Å². The van der Waals surface area contributed by atoms with E-state index in [1.807, 2.05) is 24.3 Å². The number of unbranched alkanes of at least 4 members (excludes halogenated alkanes) is 10. The van der Waals surface area contributed by atoms with Crippen LogP contribution >= 0.6 is 0 Å². The maximum Gasteiger partial charge on any atom is 0.240 e. The third-order valence-electron chi connectivity index (χ3n) is 4.50. The van der Waals surface area contributed by atoms with E-state index in [0.717, 1.165) is 24.2 Å². The molecule has 0 aliphatic rings. The van der Waals surface area contributed by atoms with Crippen LogP contribution < -0.4 is 10.2 Å². The highest BCUT2D eigenvalue weighted by Gasteiger charge is 2.00. The van der Waals surface area contributed by atoms with Crippen LogP contribution in [0.25, 0.3) is 0 Å². The van der Waals surface area contributed by atoms with Gasteiger partial charge in [-0.2, -0.15) is 5.10 Å². The summed E-state index contributed by atoms with van der Waals surface area (Å²) in [7, 11) is 1.63. The second-order valence-electron chi connectivity index (χ2n) is 6.86. The Hall–Kier alpha value is -1.84. The summed E-state index contributed by atoms with van der Waals surface area (Å²) in [6.45, 7) is 2.26. The van der Waals surface area contributed by atoms with Crippen LogP contribution in [0.1, 0.15) is 89.5 Å². The maximum absolute atomic E-state index is 11.8. The van der Waals surface area contributed by atoms with Crippen molar-refractivity contribution in [2.45, 2.75) is 84.0 Å². The van der Waals surface area contributed by atoms with E-state index in [9.17, 15) is 4.79 Å². The molecule has 0 aromatic heterocycles. The van der Waals surface area contributed by atoms with Crippen LogP contribution in [-0.4, -0.2) is 19.2 Å². The first-order chi connectivity index (χ1) is 12.8. The molecule has 0 spiro atoms. The van der Waals surface area contributed by atoms with Crippen LogP contribution in [0.3, 0.4) is 0 Å². The highest BCUT2D eigenvalue weighted by molar-refractivity contribution is 5.82. The number of nitrogens with zero attached hydrogens (tertiary/aromatic N) is 1. The number of carbonyl (C=O) groups excluding carboxylic acids is 1. The summed E-state index contributed by atoms with van der Waals surface area (Å²) in [5, 5.41) is 4.01. The van der Waals surface area contributed by atoms with E-state index in [-0.39, 0.29) is 5.91 Å². The number of ether oxygens (including phenoxy) is 1. The average Bonchev–Trinajstić information content (AvgIpc) is 2.66. The number of methoxy groups -OCH3 is 1. The number of hydrazone groups is 1. The van der Waals surface area contributed by atoms with Gasteiger partial charge in [0, 0.05) is 6.42 Å². The first-order valence-electron chi connectivity index (χ1n) is 10.2. The molecule has 1 aromatic rings. The molecule has 0 saturated heterocycles. The predicted octanol–water partition coefficient (Wildman–Crippen LogP) is 5.85. The molecular formula is C22H36N2O2. The molecule has 0 atom stereocenters. The Labute approximate surface area is 159 Å². The van der Waals surface area contributed by atoms with Gasteiger partial charge in [-0.25, -0.2) is 5.43 Å². The summed E-state index contributed by atoms with van der Waals surface area (Å²) in [5.41, 5.74) is 3.50. The number of carbonyl (C=O) groups is 1. The van der Waals surface area contributed by atoms with Crippen molar-refractivity contribution >= 4 is 12.1 Å². The summed E-state index contributed by atoms with van der Waals surface area (Å²) in [5.74, 6) is 0.765. The first-order valence-corrected chi connectivity index (χ1v) is 10.2. The molecule has 4 heteroatoms. The number of benzene rings is 1. The molecule has 0 heterocycles. The van der Waals surface area contributed by atoms with Gasteiger partial charge in [0.2, 0.25) is 5.91 Å². The molecule has 0 bridgehead atoms. The molecule has 1 aromatic carbocycles. The second kappa shape index (κ2) is 15.4. The SMILES string of the molecule is CCCCCCCCCCCCCC(=O)N/N=C/c1cccc(OC)c1. The number of rotatable bonds is 15. The summed E-state index contributed by atoms with van der Waals surface area (Å²) < 4.78 is 5.16. The standard InChI is InChI=1S/C22H36N2O2/c1-3-4-5-6-7-8-9-10-11-12-13-17-22(25)24-23-19-20-15-14-16-21(18-20)26-2/h14-16,18-19H,3-13,17H2,1-2H3,(H,24,25)/b23-19+. The maximum atomic E-state index is 11.8. The van der Waals surface area contributed by atoms with Crippen molar-refractivity contribution in [2.75, 3.05) is 7.11 Å². The molecule has 0 aliphatic carbocycles. The average molecular weight is 361 g/mol. The van der Waals surface area contributed by atoms with Crippen molar-refractivity contribution in [2.24, 2.45) is 5.10 Å². The molecule has 1 rings (SSSR count). The van der Waals surface area contributed by atoms with Gasteiger partial charge in [0.25, 0.3) is 0 Å². The lowest BCUT2D eigenvalue weighted by Gasteiger charge is -2.03. The van der Waals surface area contributed by atoms with E-state index in [0.29, 0.717) is 6.42 Å². The van der Waals surface area contributed by atoms with Crippen molar-refractivity contribution in [3.8, 4) is 5.75 Å². The third kappa shape index (κ3) is 11.7. The Balaban J connectivity index is 1.97. The summed E-state index contributed by atoms with van der Waals surface area (Å²) >= 11 is 0. The van der Waals surface area contributed by atoms with E-state index in [2.05, 4.69) is 17.5 Å². The van der Waals surface area contributed by atoms with Gasteiger partial charge in [0.1, 0.15) is 5.75 Å². The fourth-order valence-electron chi connectivity index (χ4n) is 2.91. The molecule has 0 saturated carbocycles. The van der Waals surface area contributed by atoms with Crippen LogP contribution in [0, 0.1) is 0 Å². The van der Waals surface area contributed by atoms with E-state index in [1.54, 1.807) is 13.3 Å². The van der Waals surface area contributed by atoms with Crippen molar-refractivity contribution in [1.82, 2.24) is 5.43 Å². The minimum Gasteiger partial charge on any atom is -0.497 e. The molecule has 1 amide bonds. The van der Waals surface area contributed by atoms with Crippen LogP contribution in [0.4, 0.5) is 0 Å². The highest BCUT2D eigenvalue weighted by Crippen LogP contribution is 2.12. The Morgan fingerprint density at radius 1 is 1.00 bits per heavy atom. The van der Waals surface area contributed by atoms with Gasteiger partial charge in [-0.3, -0.25) is 4.79 Å². The number of hydrogen-bond acceptors (Lipinski definition) is 3. The van der Waals surface area contributed by atoms with Gasteiger partial charge >= 0.3 is 0 Å². The van der Waals surface area contributed by atoms with Gasteiger partial charge in [-0.1, -0.05) is 83.3 Å². The van der Waals surface area contributed by atoms with Gasteiger partial charge < -0.3 is 4.74 Å². The van der Waals surface area contributed by atoms with E-state index in [4.69, 9.17) is 4.74 Å². The Morgan fingerprint density at radius 3 is 2.23 bits per heavy atom. The molecule has 0 aliphatic heterocycles. The van der Waals surface area contributed by atoms with Crippen molar-refractivity contribution < 1.29 is 9.53 Å². The lowest BCUT2D eigenvalue weighted by Crippen LogP contribution is -2.16. The van der Waals surface area contributed by atoms with Crippen LogP contribution in [-0.2, 0) is 4.79 Å². The minimum atomic E-state index is -0.0138. The molecular weight excluding hydrogens is 324 g/mol. The molecule has 146 valence electrons. The monoisotopic (exact) mass is 360 g/mol. The zero-order valence-electron chi connectivity index (χ0n) is 16.6. The normalized spacial score (nSPS) is 11.0. The third-order valence-corrected chi connectivity index (χ3v) is 4.50. The summed E-state index contributed by atoms with van der Waals surface area (Å²) in [4.78, 5) is 11.8. The summed E-state index contributed by atoms with van der Waals surface area (Å²) in [6, 6.07) is 7.57. The zero-order valence-corrected chi connectivity index (χ0v) is 16.6. The van der Waals surface area contributed by atoms with E-state index < -0.39 is 0 Å². The smallest absolute Gasteiger partial charge is 0.240 e. The predicted molar refractivity (Wildman–Crippen MR) is 110 cm³/mol. The van der Waals surface area contributed by atoms with Gasteiger partial charge in [-0.15, -0.1) is 0 Å². The van der Waals surface area contributed by atoms with E-state index in [1.165, 1.54) is 57.8 Å². The fraction of sp³-hybridized carbons (Fsp3) is 0.636. The minimum absolute atomic E-state index is 0.0138. The zero-order chi connectivity index (χ0) is 18.9. The quantitative estimate of drug-likeness (QED) is 0.242. The largest absolute Gasteiger partial charge is 0.497 e. The van der Waals surface area contributed by atoms with Crippen LogP contribution in [0.5, 0.6) is 5.75 Å². The lowest BCUT2D eigenvalue weighted by atomic mass is 10.1. The summed E-state index contributed by atoms with van der Waals surface area (Å²) in [6.07, 6.45) is 16.4. The number of amides is 1. The van der Waals surface area contributed by atoms with Gasteiger partial charge in [0.05, 0.1) is 13.3 Å². The Bertz CT molecular complexity index is 515. The number of nitrogens with one attached hydrogen (secondary N) is 1. The topological polar surface area (TPSA) is 50.7 Å². The van der Waals surface area contributed by atoms with Crippen LogP contribution in [0.15, 0.2) is 29.4 Å². The Morgan fingerprint density at radius 2 is 1.62 bits per heavy atom. The van der Waals surface area contributed by atoms with Crippen molar-refractivity contribution in [3.63, 3.8) is 0 Å². The molecule has 0 radical (unpaired) electrons. The molecule has 26 heavy (non-hydrogen) atoms. The molecule has 4 nitrogen and oxygen atoms in total. The van der Waals surface area contributed by atoms with Crippen molar-refractivity contribution in [3.05, 3.63) is 29.8 Å². The van der Waals surface area contributed by atoms with E-state index >= 15 is 0 Å². The Kier molecular flexibility index (Phi) is 13.2. The van der Waals surface area contributed by atoms with Gasteiger partial charge in [-0.05, 0) is 24.1 Å². The molecule has 0 unspecified atom stereocenters. The lowest BCUT2D eigenvalue weighted by molar-refractivity contribution is -0.121.